The third-order valence-electron chi connectivity index (χ3n) is 3.62. The number of amides is 1. The molecule has 1 N–H and O–H groups in total. The molecule has 0 saturated carbocycles. The van der Waals surface area contributed by atoms with Crippen LogP contribution in [0.1, 0.15) is 5.56 Å². The number of halogens is 1. The maximum absolute atomic E-state index is 12.2. The molecule has 0 aliphatic rings. The van der Waals surface area contributed by atoms with Gasteiger partial charge in [0.2, 0.25) is 5.91 Å². The molecule has 0 aliphatic carbocycles. The maximum atomic E-state index is 12.2. The summed E-state index contributed by atoms with van der Waals surface area (Å²) in [6.45, 7) is 1.80. The van der Waals surface area contributed by atoms with Gasteiger partial charge in [0, 0.05) is 22.3 Å². The number of hydrogen-bond acceptors (Lipinski definition) is 3. The summed E-state index contributed by atoms with van der Waals surface area (Å²) < 4.78 is 1.14. The summed E-state index contributed by atoms with van der Waals surface area (Å²) in [6.07, 6.45) is 0. The Balaban J connectivity index is 1.80. The molecule has 1 aromatic heterocycles. The average molecular weight is 354 g/mol. The highest BCUT2D eigenvalue weighted by atomic mass is 35.5. The standard InChI is InChI=1S/C19H16ClN3O2/c1-13-5-7-16(8-6-13)21-18(24)12-23-19(25)10-9-17(22-23)14-3-2-4-15(20)11-14/h2-11H,12H2,1H3,(H,21,24). The van der Waals surface area contributed by atoms with E-state index in [0.717, 1.165) is 15.8 Å². The normalized spacial score (nSPS) is 10.5. The second-order valence-electron chi connectivity index (χ2n) is 5.64. The van der Waals surface area contributed by atoms with Crippen molar-refractivity contribution >= 4 is 23.2 Å². The molecule has 0 unspecified atom stereocenters. The highest BCUT2D eigenvalue weighted by Gasteiger charge is 2.09. The van der Waals surface area contributed by atoms with Crippen molar-refractivity contribution in [1.29, 1.82) is 0 Å². The van der Waals surface area contributed by atoms with Crippen molar-refractivity contribution in [3.8, 4) is 11.3 Å². The molecule has 3 aromatic rings. The molecular formula is C19H16ClN3O2. The Labute approximate surface area is 149 Å². The quantitative estimate of drug-likeness (QED) is 0.780. The molecule has 1 heterocycles. The predicted octanol–water partition coefficient (Wildman–Crippen LogP) is 3.51. The van der Waals surface area contributed by atoms with E-state index in [1.807, 2.05) is 37.3 Å². The molecule has 0 fully saturated rings. The van der Waals surface area contributed by atoms with Gasteiger partial charge in [0.15, 0.2) is 0 Å². The Hall–Kier alpha value is -2.92. The third kappa shape index (κ3) is 4.33. The zero-order chi connectivity index (χ0) is 17.8. The largest absolute Gasteiger partial charge is 0.324 e. The molecule has 2 aromatic carbocycles. The van der Waals surface area contributed by atoms with Gasteiger partial charge < -0.3 is 5.32 Å². The van der Waals surface area contributed by atoms with Gasteiger partial charge in [0.05, 0.1) is 5.69 Å². The van der Waals surface area contributed by atoms with Crippen LogP contribution < -0.4 is 10.9 Å². The lowest BCUT2D eigenvalue weighted by atomic mass is 10.1. The zero-order valence-corrected chi connectivity index (χ0v) is 14.3. The molecule has 0 saturated heterocycles. The number of nitrogens with one attached hydrogen (secondary N) is 1. The molecule has 3 rings (SSSR count). The van der Waals surface area contributed by atoms with E-state index in [2.05, 4.69) is 10.4 Å². The summed E-state index contributed by atoms with van der Waals surface area (Å²) in [4.78, 5) is 24.2. The Morgan fingerprint density at radius 2 is 1.88 bits per heavy atom. The number of aromatic nitrogens is 2. The van der Waals surface area contributed by atoms with E-state index in [-0.39, 0.29) is 18.0 Å². The van der Waals surface area contributed by atoms with Gasteiger partial charge in [-0.1, -0.05) is 41.4 Å². The van der Waals surface area contributed by atoms with Gasteiger partial charge in [-0.3, -0.25) is 9.59 Å². The van der Waals surface area contributed by atoms with Crippen LogP contribution in [0.3, 0.4) is 0 Å². The first-order valence-electron chi connectivity index (χ1n) is 7.72. The van der Waals surface area contributed by atoms with E-state index in [4.69, 9.17) is 11.6 Å². The predicted molar refractivity (Wildman–Crippen MR) is 98.8 cm³/mol. The van der Waals surface area contributed by atoms with Gasteiger partial charge in [-0.2, -0.15) is 5.10 Å². The Morgan fingerprint density at radius 1 is 1.12 bits per heavy atom. The lowest BCUT2D eigenvalue weighted by Gasteiger charge is -2.09. The second kappa shape index (κ2) is 7.32. The highest BCUT2D eigenvalue weighted by Crippen LogP contribution is 2.19. The van der Waals surface area contributed by atoms with Crippen LogP contribution in [-0.2, 0) is 11.3 Å². The Bertz CT molecular complexity index is 965. The molecule has 0 radical (unpaired) electrons. The van der Waals surface area contributed by atoms with Gasteiger partial charge in [0.1, 0.15) is 6.54 Å². The van der Waals surface area contributed by atoms with Crippen molar-refractivity contribution in [2.45, 2.75) is 13.5 Å². The van der Waals surface area contributed by atoms with E-state index in [0.29, 0.717) is 16.4 Å². The van der Waals surface area contributed by atoms with Gasteiger partial charge in [-0.05, 0) is 37.3 Å². The van der Waals surface area contributed by atoms with E-state index < -0.39 is 0 Å². The molecular weight excluding hydrogens is 338 g/mol. The summed E-state index contributed by atoms with van der Waals surface area (Å²) in [5, 5.41) is 7.60. The molecule has 126 valence electrons. The number of aryl methyl sites for hydroxylation is 1. The van der Waals surface area contributed by atoms with Crippen molar-refractivity contribution in [3.05, 3.63) is 81.6 Å². The van der Waals surface area contributed by atoms with Crippen LogP contribution in [0.2, 0.25) is 5.02 Å². The van der Waals surface area contributed by atoms with Crippen molar-refractivity contribution in [3.63, 3.8) is 0 Å². The number of rotatable bonds is 4. The monoisotopic (exact) mass is 353 g/mol. The van der Waals surface area contributed by atoms with Crippen LogP contribution in [0.15, 0.2) is 65.5 Å². The number of anilines is 1. The van der Waals surface area contributed by atoms with E-state index in [1.165, 1.54) is 6.07 Å². The summed E-state index contributed by atoms with van der Waals surface area (Å²) in [6, 6.07) is 17.6. The number of benzene rings is 2. The smallest absolute Gasteiger partial charge is 0.267 e. The number of carbonyl (C=O) groups is 1. The van der Waals surface area contributed by atoms with E-state index in [9.17, 15) is 9.59 Å². The Kier molecular flexibility index (Phi) is 4.95. The van der Waals surface area contributed by atoms with Gasteiger partial charge in [-0.25, -0.2) is 4.68 Å². The number of carbonyl (C=O) groups excluding carboxylic acids is 1. The van der Waals surface area contributed by atoms with Crippen LogP contribution in [0.4, 0.5) is 5.69 Å². The molecule has 0 spiro atoms. The Morgan fingerprint density at radius 3 is 2.60 bits per heavy atom. The molecule has 1 amide bonds. The average Bonchev–Trinajstić information content (AvgIpc) is 2.59. The summed E-state index contributed by atoms with van der Waals surface area (Å²) in [5.74, 6) is -0.318. The lowest BCUT2D eigenvalue weighted by molar-refractivity contribution is -0.117. The SMILES string of the molecule is Cc1ccc(NC(=O)Cn2nc(-c3cccc(Cl)c3)ccc2=O)cc1. The van der Waals surface area contributed by atoms with Crippen LogP contribution in [0, 0.1) is 6.92 Å². The first-order chi connectivity index (χ1) is 12.0. The zero-order valence-electron chi connectivity index (χ0n) is 13.6. The molecule has 6 heteroatoms. The van der Waals surface area contributed by atoms with Crippen LogP contribution in [0.25, 0.3) is 11.3 Å². The van der Waals surface area contributed by atoms with Gasteiger partial charge in [-0.15, -0.1) is 0 Å². The lowest BCUT2D eigenvalue weighted by Crippen LogP contribution is -2.29. The molecule has 5 nitrogen and oxygen atoms in total. The highest BCUT2D eigenvalue weighted by molar-refractivity contribution is 6.30. The number of hydrogen-bond donors (Lipinski definition) is 1. The van der Waals surface area contributed by atoms with Crippen LogP contribution >= 0.6 is 11.6 Å². The minimum atomic E-state index is -0.343. The maximum Gasteiger partial charge on any atom is 0.267 e. The molecule has 0 bridgehead atoms. The van der Waals surface area contributed by atoms with Crippen molar-refractivity contribution in [1.82, 2.24) is 9.78 Å². The van der Waals surface area contributed by atoms with Crippen molar-refractivity contribution in [2.75, 3.05) is 5.32 Å². The van der Waals surface area contributed by atoms with E-state index in [1.54, 1.807) is 24.3 Å². The fourth-order valence-corrected chi connectivity index (χ4v) is 2.53. The van der Waals surface area contributed by atoms with Crippen LogP contribution in [-0.4, -0.2) is 15.7 Å². The molecule has 25 heavy (non-hydrogen) atoms. The summed E-state index contributed by atoms with van der Waals surface area (Å²) in [7, 11) is 0. The van der Waals surface area contributed by atoms with Gasteiger partial charge >= 0.3 is 0 Å². The summed E-state index contributed by atoms with van der Waals surface area (Å²) in [5.41, 5.74) is 2.79. The van der Waals surface area contributed by atoms with E-state index >= 15 is 0 Å². The van der Waals surface area contributed by atoms with Gasteiger partial charge in [0.25, 0.3) is 5.56 Å². The fourth-order valence-electron chi connectivity index (χ4n) is 2.34. The van der Waals surface area contributed by atoms with Crippen molar-refractivity contribution in [2.24, 2.45) is 0 Å². The third-order valence-corrected chi connectivity index (χ3v) is 3.85. The molecule has 0 atom stereocenters. The summed E-state index contributed by atoms with van der Waals surface area (Å²) >= 11 is 5.99. The fraction of sp³-hybridized carbons (Fsp3) is 0.105. The first kappa shape index (κ1) is 16.9. The topological polar surface area (TPSA) is 64.0 Å². The minimum absolute atomic E-state index is 0.166. The second-order valence-corrected chi connectivity index (χ2v) is 6.08. The molecule has 0 aliphatic heterocycles. The number of nitrogens with zero attached hydrogens (tertiary/aromatic N) is 2. The minimum Gasteiger partial charge on any atom is -0.324 e. The van der Waals surface area contributed by atoms with Crippen LogP contribution in [0.5, 0.6) is 0 Å². The first-order valence-corrected chi connectivity index (χ1v) is 8.10. The van der Waals surface area contributed by atoms with Crippen molar-refractivity contribution < 1.29 is 4.79 Å².